The number of fused-ring (bicyclic) bond motifs is 15. The quantitative estimate of drug-likeness (QED) is 0.0969. The summed E-state index contributed by atoms with van der Waals surface area (Å²) in [5.74, 6) is 3.36. The highest BCUT2D eigenvalue weighted by molar-refractivity contribution is 6.17. The zero-order valence-electron chi connectivity index (χ0n) is 70.2. The molecule has 0 atom stereocenters. The molecule has 15 aromatic carbocycles. The van der Waals surface area contributed by atoms with Gasteiger partial charge < -0.3 is 22.8 Å². The van der Waals surface area contributed by atoms with Crippen LogP contribution >= 0.6 is 0 Å². The summed E-state index contributed by atoms with van der Waals surface area (Å²) >= 11 is 0. The molecule has 131 heavy (non-hydrogen) atoms. The summed E-state index contributed by atoms with van der Waals surface area (Å²) < 4.78 is 12.0. The highest BCUT2D eigenvalue weighted by Gasteiger charge is 2.25. The first-order valence-corrected chi connectivity index (χ1v) is 43.8. The minimum absolute atomic E-state index is 0.553. The van der Waals surface area contributed by atoms with Crippen LogP contribution in [0, 0.1) is 0 Å². The Morgan fingerprint density at radius 2 is 0.336 bits per heavy atom. The second-order valence-corrected chi connectivity index (χ2v) is 33.2. The van der Waals surface area contributed by atoms with Gasteiger partial charge in [0.05, 0.1) is 55.2 Å². The van der Waals surface area contributed by atoms with Gasteiger partial charge >= 0.3 is 0 Å². The van der Waals surface area contributed by atoms with Gasteiger partial charge in [-0.3, -0.25) is 19.9 Å². The van der Waals surface area contributed by atoms with Crippen molar-refractivity contribution in [3.05, 3.63) is 432 Å². The largest absolute Gasteiger partial charge is 0.309 e. The fourth-order valence-electron chi connectivity index (χ4n) is 19.7. The molecule has 0 radical (unpaired) electrons. The molecule has 11 heterocycles. The van der Waals surface area contributed by atoms with E-state index in [2.05, 4.69) is 376 Å². The minimum atomic E-state index is 0.553. The standard InChI is InChI=1S/C116H71N15/c1-4-18-86(19-5-1)127-101-28-12-10-26-91(101)95-64-77(32-40-103(95)127)80-36-44-107-99(68-80)100-69-81(37-45-108(100)131(107)90-25-15-17-85(63-90)116-125-113(74-50-58-119-59-51-74)122-114(126-116)75-52-60-120-61-53-75)79-34-42-105-98(67-79)94-39-31-83(71-110(94)129(105)88-22-8-3-9-23-88)82-30-38-93-97-66-78(33-41-104(97)128(109(93)70-82)87-20-6-2-7-21-87)76-35-43-106-96(65-76)92-27-11-13-29-102(92)130(106)89-24-14-16-84(62-89)115-123-111(72-46-54-117-55-47-72)121-112(124-115)73-48-56-118-57-49-73/h1-71H. The van der Waals surface area contributed by atoms with Crippen molar-refractivity contribution in [3.8, 4) is 141 Å². The zero-order chi connectivity index (χ0) is 86.1. The third-order valence-electron chi connectivity index (χ3n) is 25.8. The van der Waals surface area contributed by atoms with Crippen LogP contribution in [-0.4, -0.2) is 72.7 Å². The van der Waals surface area contributed by atoms with E-state index in [0.29, 0.717) is 34.9 Å². The Morgan fingerprint density at radius 3 is 0.634 bits per heavy atom. The number of hydrogen-bond donors (Lipinski definition) is 0. The molecule has 0 spiro atoms. The smallest absolute Gasteiger partial charge is 0.164 e. The molecular weight excluding hydrogens is 1600 g/mol. The maximum absolute atomic E-state index is 5.16. The van der Waals surface area contributed by atoms with Crippen molar-refractivity contribution in [1.29, 1.82) is 0 Å². The highest BCUT2D eigenvalue weighted by atomic mass is 15.1. The molecule has 0 N–H and O–H groups in total. The fraction of sp³-hybridized carbons (Fsp3) is 0. The molecule has 0 amide bonds. The van der Waals surface area contributed by atoms with Crippen LogP contribution in [0.5, 0.6) is 0 Å². The lowest BCUT2D eigenvalue weighted by molar-refractivity contribution is 1.07. The van der Waals surface area contributed by atoms with Crippen LogP contribution in [-0.2, 0) is 0 Å². The van der Waals surface area contributed by atoms with E-state index in [9.17, 15) is 0 Å². The summed E-state index contributed by atoms with van der Waals surface area (Å²) in [7, 11) is 0. The number of aromatic nitrogens is 15. The van der Waals surface area contributed by atoms with Crippen LogP contribution in [0.4, 0.5) is 0 Å². The normalized spacial score (nSPS) is 11.8. The molecule has 610 valence electrons. The third kappa shape index (κ3) is 12.6. The minimum Gasteiger partial charge on any atom is -0.309 e. The van der Waals surface area contributed by atoms with E-state index in [4.69, 9.17) is 29.9 Å². The summed E-state index contributed by atoms with van der Waals surface area (Å²) in [6, 6.07) is 138. The summed E-state index contributed by atoms with van der Waals surface area (Å²) in [6.07, 6.45) is 14.1. The number of rotatable bonds is 15. The molecule has 0 unspecified atom stereocenters. The topological polar surface area (TPSA) is 154 Å². The Bertz CT molecular complexity index is 8970. The molecule has 0 aliphatic heterocycles. The van der Waals surface area contributed by atoms with Crippen LogP contribution in [0.15, 0.2) is 432 Å². The van der Waals surface area contributed by atoms with Crippen LogP contribution in [0.1, 0.15) is 0 Å². The van der Waals surface area contributed by atoms with Gasteiger partial charge in [0.15, 0.2) is 34.9 Å². The molecule has 15 heteroatoms. The average molecular weight is 1670 g/mol. The van der Waals surface area contributed by atoms with Crippen LogP contribution in [0.3, 0.4) is 0 Å². The highest BCUT2D eigenvalue weighted by Crippen LogP contribution is 2.46. The lowest BCUT2D eigenvalue weighted by Crippen LogP contribution is -2.01. The molecular formula is C116H71N15. The second kappa shape index (κ2) is 30.4. The van der Waals surface area contributed by atoms with E-state index in [1.54, 1.807) is 49.6 Å². The molecule has 0 aliphatic carbocycles. The van der Waals surface area contributed by atoms with Crippen molar-refractivity contribution in [3.63, 3.8) is 0 Å². The lowest BCUT2D eigenvalue weighted by atomic mass is 9.98. The molecule has 0 fully saturated rings. The molecule has 15 nitrogen and oxygen atoms in total. The van der Waals surface area contributed by atoms with Gasteiger partial charge in [-0.25, -0.2) is 29.9 Å². The van der Waals surface area contributed by atoms with Crippen LogP contribution in [0.2, 0.25) is 0 Å². The maximum atomic E-state index is 5.16. The Morgan fingerprint density at radius 1 is 0.122 bits per heavy atom. The second-order valence-electron chi connectivity index (χ2n) is 33.2. The van der Waals surface area contributed by atoms with Crippen molar-refractivity contribution in [1.82, 2.24) is 72.7 Å². The Kier molecular flexibility index (Phi) is 17.2. The molecule has 0 aliphatic rings. The number of hydrogen-bond acceptors (Lipinski definition) is 10. The Hall–Kier alpha value is -18.1. The first-order valence-electron chi connectivity index (χ1n) is 43.8. The number of nitrogens with zero attached hydrogens (tertiary/aromatic N) is 15. The van der Waals surface area contributed by atoms with E-state index in [-0.39, 0.29) is 0 Å². The van der Waals surface area contributed by atoms with Gasteiger partial charge in [-0.15, -0.1) is 0 Å². The summed E-state index contributed by atoms with van der Waals surface area (Å²) in [5.41, 5.74) is 30.4. The van der Waals surface area contributed by atoms with Crippen molar-refractivity contribution in [2.45, 2.75) is 0 Å². The van der Waals surface area contributed by atoms with Gasteiger partial charge in [0.25, 0.3) is 0 Å². The van der Waals surface area contributed by atoms with E-state index >= 15 is 0 Å². The summed E-state index contributed by atoms with van der Waals surface area (Å²) in [5, 5.41) is 11.6. The first-order chi connectivity index (χ1) is 64.9. The number of benzene rings is 15. The third-order valence-corrected chi connectivity index (χ3v) is 25.8. The number of pyridine rings is 4. The Labute approximate surface area is 749 Å². The van der Waals surface area contributed by atoms with Crippen LogP contribution in [0.25, 0.3) is 250 Å². The van der Waals surface area contributed by atoms with E-state index in [1.165, 1.54) is 27.1 Å². The van der Waals surface area contributed by atoms with Crippen molar-refractivity contribution >= 4 is 109 Å². The molecule has 0 saturated carbocycles. The zero-order valence-corrected chi connectivity index (χ0v) is 70.2. The van der Waals surface area contributed by atoms with E-state index in [1.807, 2.05) is 48.5 Å². The van der Waals surface area contributed by atoms with Crippen LogP contribution < -0.4 is 0 Å². The van der Waals surface area contributed by atoms with Gasteiger partial charge in [0.2, 0.25) is 0 Å². The maximum Gasteiger partial charge on any atom is 0.164 e. The fourth-order valence-corrected chi connectivity index (χ4v) is 19.7. The average Bonchev–Trinajstić information content (AvgIpc) is 1.58. The van der Waals surface area contributed by atoms with Crippen molar-refractivity contribution < 1.29 is 0 Å². The molecule has 26 aromatic rings. The summed E-state index contributed by atoms with van der Waals surface area (Å²) in [4.78, 5) is 47.6. The molecule has 11 aromatic heterocycles. The molecule has 26 rings (SSSR count). The summed E-state index contributed by atoms with van der Waals surface area (Å²) in [6.45, 7) is 0. The van der Waals surface area contributed by atoms with E-state index in [0.717, 1.165) is 188 Å². The molecule has 0 saturated heterocycles. The predicted molar refractivity (Wildman–Crippen MR) is 530 cm³/mol. The van der Waals surface area contributed by atoms with Gasteiger partial charge in [-0.1, -0.05) is 176 Å². The van der Waals surface area contributed by atoms with Gasteiger partial charge in [-0.2, -0.15) is 0 Å². The van der Waals surface area contributed by atoms with Gasteiger partial charge in [0.1, 0.15) is 0 Å². The van der Waals surface area contributed by atoms with E-state index < -0.39 is 0 Å². The molecule has 0 bridgehead atoms. The first kappa shape index (κ1) is 74.4. The van der Waals surface area contributed by atoms with Crippen molar-refractivity contribution in [2.75, 3.05) is 0 Å². The van der Waals surface area contributed by atoms with Crippen molar-refractivity contribution in [2.24, 2.45) is 0 Å². The van der Waals surface area contributed by atoms with Gasteiger partial charge in [0, 0.05) is 165 Å². The van der Waals surface area contributed by atoms with Gasteiger partial charge in [-0.05, 0) is 251 Å². The predicted octanol–water partition coefficient (Wildman–Crippen LogP) is 27.8. The monoisotopic (exact) mass is 1670 g/mol. The number of para-hydroxylation sites is 5. The SMILES string of the molecule is c1ccc(-n2c3ccccc3c3cc(-c4ccc5c(c4)c4cc(-c6ccc7c(c6)c6ccc(-c8ccc9c%10cc(-c%11ccc%12c(c%11)c%11ccccc%11n%12-c%11cccc(-c%12nc(-c%13ccncc%13)nc(-c%13ccncc%13)n%12)c%11)ccc%10n(-c%10ccccc%10)c9c8)cc6n7-c6ccccc6)ccc4n5-c4cccc(-c5nc(-c6ccncc6)nc(-c6ccncc6)n5)c4)ccc32)cc1. The lowest BCUT2D eigenvalue weighted by Gasteiger charge is -2.12. The Balaban J connectivity index is 0.581.